The van der Waals surface area contributed by atoms with Gasteiger partial charge in [-0.2, -0.15) is 0 Å². The summed E-state index contributed by atoms with van der Waals surface area (Å²) in [5, 5.41) is 0. The first kappa shape index (κ1) is 21.7. The number of allylic oxidation sites excluding steroid dienone is 1. The van der Waals surface area contributed by atoms with Crippen LogP contribution in [0.2, 0.25) is 0 Å². The van der Waals surface area contributed by atoms with Gasteiger partial charge in [-0.1, -0.05) is 57.4 Å². The normalized spacial score (nSPS) is 12.8. The fourth-order valence-corrected chi connectivity index (χ4v) is 2.50. The maximum atomic E-state index is 11.2. The molecular weight excluding hydrogens is 292 g/mol. The maximum Gasteiger partial charge on any atom is 0.330 e. The van der Waals surface area contributed by atoms with Crippen LogP contribution in [-0.4, -0.2) is 26.2 Å². The molecule has 0 aliphatic heterocycles. The molecule has 1 unspecified atom stereocenters. The monoisotopic (exact) mass is 326 g/mol. The Bertz CT molecular complexity index is 360. The van der Waals surface area contributed by atoms with Gasteiger partial charge >= 0.3 is 11.9 Å². The van der Waals surface area contributed by atoms with Crippen molar-refractivity contribution in [2.75, 3.05) is 14.2 Å². The summed E-state index contributed by atoms with van der Waals surface area (Å²) >= 11 is 0. The lowest BCUT2D eigenvalue weighted by Crippen LogP contribution is -2.02. The average Bonchev–Trinajstić information content (AvgIpc) is 2.55. The summed E-state index contributed by atoms with van der Waals surface area (Å²) in [5.41, 5.74) is 1.10. The van der Waals surface area contributed by atoms with Crippen LogP contribution in [0.4, 0.5) is 0 Å². The van der Waals surface area contributed by atoms with Gasteiger partial charge < -0.3 is 9.47 Å². The Kier molecular flexibility index (Phi) is 13.5. The number of hydrogen-bond donors (Lipinski definition) is 0. The number of carbonyl (C=O) groups is 2. The lowest BCUT2D eigenvalue weighted by molar-refractivity contribution is -0.140. The number of unbranched alkanes of at least 4 members (excludes halogenated alkanes) is 7. The van der Waals surface area contributed by atoms with E-state index in [1.807, 2.05) is 6.92 Å². The number of rotatable bonds is 13. The lowest BCUT2D eigenvalue weighted by Gasteiger charge is -2.11. The van der Waals surface area contributed by atoms with Crippen molar-refractivity contribution in [3.63, 3.8) is 0 Å². The largest absolute Gasteiger partial charge is 0.469 e. The fourth-order valence-electron chi connectivity index (χ4n) is 2.50. The van der Waals surface area contributed by atoms with E-state index in [0.29, 0.717) is 12.3 Å². The minimum Gasteiger partial charge on any atom is -0.469 e. The van der Waals surface area contributed by atoms with E-state index in [9.17, 15) is 9.59 Å². The topological polar surface area (TPSA) is 52.6 Å². The molecular formula is C19H34O4. The summed E-state index contributed by atoms with van der Waals surface area (Å²) in [6, 6.07) is 0. The summed E-state index contributed by atoms with van der Waals surface area (Å²) in [6.45, 7) is 4.16. The van der Waals surface area contributed by atoms with E-state index >= 15 is 0 Å². The third-order valence-corrected chi connectivity index (χ3v) is 4.32. The Balaban J connectivity index is 3.47. The van der Waals surface area contributed by atoms with E-state index in [-0.39, 0.29) is 11.9 Å². The first-order valence-electron chi connectivity index (χ1n) is 8.84. The Morgan fingerprint density at radius 2 is 1.39 bits per heavy atom. The first-order valence-corrected chi connectivity index (χ1v) is 8.84. The van der Waals surface area contributed by atoms with Crippen molar-refractivity contribution in [1.29, 1.82) is 0 Å². The minimum absolute atomic E-state index is 0.101. The van der Waals surface area contributed by atoms with Crippen LogP contribution in [0.25, 0.3) is 0 Å². The van der Waals surface area contributed by atoms with E-state index in [1.54, 1.807) is 6.08 Å². The highest BCUT2D eigenvalue weighted by molar-refractivity contribution is 5.82. The quantitative estimate of drug-likeness (QED) is 0.277. The van der Waals surface area contributed by atoms with Crippen molar-refractivity contribution in [3.8, 4) is 0 Å². The Morgan fingerprint density at radius 3 is 1.91 bits per heavy atom. The first-order chi connectivity index (χ1) is 11.0. The summed E-state index contributed by atoms with van der Waals surface area (Å²) in [7, 11) is 2.85. The van der Waals surface area contributed by atoms with Crippen molar-refractivity contribution < 1.29 is 19.1 Å². The average molecular weight is 326 g/mol. The van der Waals surface area contributed by atoms with Crippen LogP contribution < -0.4 is 0 Å². The highest BCUT2D eigenvalue weighted by atomic mass is 16.5. The summed E-state index contributed by atoms with van der Waals surface area (Å²) in [5.74, 6) is 0.0737. The van der Waals surface area contributed by atoms with Crippen LogP contribution in [0, 0.1) is 5.92 Å². The van der Waals surface area contributed by atoms with Crippen LogP contribution in [0.15, 0.2) is 11.6 Å². The van der Waals surface area contributed by atoms with E-state index in [1.165, 1.54) is 52.7 Å². The van der Waals surface area contributed by atoms with Gasteiger partial charge in [0, 0.05) is 12.5 Å². The molecule has 4 heteroatoms. The van der Waals surface area contributed by atoms with Crippen molar-refractivity contribution in [2.24, 2.45) is 5.92 Å². The molecule has 0 heterocycles. The van der Waals surface area contributed by atoms with Crippen molar-refractivity contribution in [3.05, 3.63) is 11.6 Å². The molecule has 0 saturated heterocycles. The van der Waals surface area contributed by atoms with Gasteiger partial charge in [0.2, 0.25) is 0 Å². The molecule has 0 aromatic carbocycles. The van der Waals surface area contributed by atoms with Gasteiger partial charge in [-0.3, -0.25) is 4.79 Å². The fraction of sp³-hybridized carbons (Fsp3) is 0.789. The zero-order valence-electron chi connectivity index (χ0n) is 15.4. The molecule has 134 valence electrons. The molecule has 0 N–H and O–H groups in total. The zero-order chi connectivity index (χ0) is 17.5. The number of hydrogen-bond acceptors (Lipinski definition) is 4. The number of ether oxygens (including phenoxy) is 2. The third kappa shape index (κ3) is 12.9. The minimum atomic E-state index is -0.262. The second kappa shape index (κ2) is 14.3. The predicted molar refractivity (Wildman–Crippen MR) is 93.1 cm³/mol. The molecule has 4 nitrogen and oxygen atoms in total. The molecule has 0 aromatic rings. The number of methoxy groups -OCH3 is 2. The Labute approximate surface area is 141 Å². The molecule has 0 aromatic heterocycles. The molecule has 0 aliphatic carbocycles. The van der Waals surface area contributed by atoms with Gasteiger partial charge in [0.05, 0.1) is 14.2 Å². The second-order valence-corrected chi connectivity index (χ2v) is 6.26. The highest BCUT2D eigenvalue weighted by Gasteiger charge is 2.06. The van der Waals surface area contributed by atoms with Crippen LogP contribution in [-0.2, 0) is 19.1 Å². The van der Waals surface area contributed by atoms with Gasteiger partial charge in [-0.15, -0.1) is 0 Å². The smallest absolute Gasteiger partial charge is 0.330 e. The van der Waals surface area contributed by atoms with Crippen LogP contribution in [0.5, 0.6) is 0 Å². The van der Waals surface area contributed by atoms with E-state index in [0.717, 1.165) is 24.8 Å². The maximum absolute atomic E-state index is 11.2. The van der Waals surface area contributed by atoms with Crippen LogP contribution in [0.3, 0.4) is 0 Å². The Morgan fingerprint density at radius 1 is 0.870 bits per heavy atom. The molecule has 0 aliphatic rings. The second-order valence-electron chi connectivity index (χ2n) is 6.26. The highest BCUT2D eigenvalue weighted by Crippen LogP contribution is 2.19. The summed E-state index contributed by atoms with van der Waals surface area (Å²) in [4.78, 5) is 22.1. The van der Waals surface area contributed by atoms with E-state index < -0.39 is 0 Å². The summed E-state index contributed by atoms with van der Waals surface area (Å²) < 4.78 is 9.26. The predicted octanol–water partition coefficient (Wildman–Crippen LogP) is 4.82. The van der Waals surface area contributed by atoms with Crippen molar-refractivity contribution in [2.45, 2.75) is 78.1 Å². The summed E-state index contributed by atoms with van der Waals surface area (Å²) in [6.07, 6.45) is 12.8. The van der Waals surface area contributed by atoms with Crippen LogP contribution >= 0.6 is 0 Å². The molecule has 0 bridgehead atoms. The number of esters is 2. The standard InChI is InChI=1S/C19H34O4/c1-16(17(2)15-19(21)23-4)13-11-9-7-5-6-8-10-12-14-18(20)22-3/h15-16H,5-14H2,1-4H3. The third-order valence-electron chi connectivity index (χ3n) is 4.32. The molecule has 0 spiro atoms. The van der Waals surface area contributed by atoms with Crippen molar-refractivity contribution >= 4 is 11.9 Å². The number of carbonyl (C=O) groups excluding carboxylic acids is 2. The molecule has 1 atom stereocenters. The van der Waals surface area contributed by atoms with Crippen molar-refractivity contribution in [1.82, 2.24) is 0 Å². The van der Waals surface area contributed by atoms with E-state index in [2.05, 4.69) is 16.4 Å². The van der Waals surface area contributed by atoms with Gasteiger partial charge in [0.15, 0.2) is 0 Å². The van der Waals surface area contributed by atoms with Gasteiger partial charge in [0.25, 0.3) is 0 Å². The molecule has 0 fully saturated rings. The van der Waals surface area contributed by atoms with E-state index in [4.69, 9.17) is 0 Å². The zero-order valence-corrected chi connectivity index (χ0v) is 15.4. The lowest BCUT2D eigenvalue weighted by atomic mass is 9.95. The SMILES string of the molecule is COC(=O)C=C(C)C(C)CCCCCCCCCCC(=O)OC. The van der Waals surface area contributed by atoms with Crippen LogP contribution in [0.1, 0.15) is 78.1 Å². The van der Waals surface area contributed by atoms with Gasteiger partial charge in [0.1, 0.15) is 0 Å². The molecule has 0 saturated carbocycles. The van der Waals surface area contributed by atoms with Gasteiger partial charge in [-0.25, -0.2) is 4.79 Å². The molecule has 0 rings (SSSR count). The molecule has 0 radical (unpaired) electrons. The van der Waals surface area contributed by atoms with Gasteiger partial charge in [-0.05, 0) is 25.7 Å². The molecule has 23 heavy (non-hydrogen) atoms. The Hall–Kier alpha value is -1.32. The molecule has 0 amide bonds.